The molecule has 1 saturated heterocycles. The van der Waals surface area contributed by atoms with Crippen LogP contribution in [0.3, 0.4) is 0 Å². The van der Waals surface area contributed by atoms with Crippen molar-refractivity contribution in [3.8, 4) is 11.5 Å². The predicted octanol–water partition coefficient (Wildman–Crippen LogP) is 2.15. The normalized spacial score (nSPS) is 20.2. The Labute approximate surface area is 118 Å². The van der Waals surface area contributed by atoms with Crippen molar-refractivity contribution in [3.05, 3.63) is 30.2 Å². The molecule has 1 atom stereocenters. The van der Waals surface area contributed by atoms with Gasteiger partial charge in [-0.2, -0.15) is 0 Å². The van der Waals surface area contributed by atoms with Crippen LogP contribution in [0.4, 0.5) is 0 Å². The third-order valence-corrected chi connectivity index (χ3v) is 3.16. The Morgan fingerprint density at radius 3 is 3.11 bits per heavy atom. The van der Waals surface area contributed by atoms with Crippen molar-refractivity contribution in [2.75, 3.05) is 19.6 Å². The zero-order chi connectivity index (χ0) is 12.4. The summed E-state index contributed by atoms with van der Waals surface area (Å²) in [6, 6.07) is 6.20. The van der Waals surface area contributed by atoms with Gasteiger partial charge in [0.15, 0.2) is 5.76 Å². The summed E-state index contributed by atoms with van der Waals surface area (Å²) in [7, 11) is 0. The van der Waals surface area contributed by atoms with E-state index in [4.69, 9.17) is 8.94 Å². The van der Waals surface area contributed by atoms with E-state index in [0.29, 0.717) is 11.8 Å². The summed E-state index contributed by atoms with van der Waals surface area (Å²) in [4.78, 5) is 2.38. The molecule has 0 aromatic carbocycles. The highest BCUT2D eigenvalue weighted by Crippen LogP contribution is 2.21. The summed E-state index contributed by atoms with van der Waals surface area (Å²) in [5, 5.41) is 7.52. The Morgan fingerprint density at radius 1 is 1.47 bits per heavy atom. The smallest absolute Gasteiger partial charge is 0.202 e. The largest absolute Gasteiger partial charge is 0.461 e. The molecular formula is C13H18ClN3O2. The van der Waals surface area contributed by atoms with Gasteiger partial charge in [-0.25, -0.2) is 0 Å². The van der Waals surface area contributed by atoms with Crippen molar-refractivity contribution >= 4 is 12.4 Å². The van der Waals surface area contributed by atoms with Crippen LogP contribution in [0.1, 0.15) is 12.6 Å². The minimum Gasteiger partial charge on any atom is -0.461 e. The summed E-state index contributed by atoms with van der Waals surface area (Å²) in [5.74, 6) is 1.42. The molecule has 104 valence electrons. The van der Waals surface area contributed by atoms with Gasteiger partial charge in [0.25, 0.3) is 0 Å². The van der Waals surface area contributed by atoms with E-state index in [1.165, 1.54) is 0 Å². The number of nitrogens with zero attached hydrogens (tertiary/aromatic N) is 2. The maximum absolute atomic E-state index is 5.29. The van der Waals surface area contributed by atoms with Crippen LogP contribution >= 0.6 is 12.4 Å². The van der Waals surface area contributed by atoms with Crippen molar-refractivity contribution in [2.45, 2.75) is 19.5 Å². The van der Waals surface area contributed by atoms with E-state index in [2.05, 4.69) is 22.3 Å². The average molecular weight is 284 g/mol. The van der Waals surface area contributed by atoms with Crippen LogP contribution in [0.15, 0.2) is 33.4 Å². The lowest BCUT2D eigenvalue weighted by atomic mass is 10.2. The second kappa shape index (κ2) is 6.23. The van der Waals surface area contributed by atoms with Crippen molar-refractivity contribution in [3.63, 3.8) is 0 Å². The first kappa shape index (κ1) is 14.1. The molecule has 0 saturated carbocycles. The van der Waals surface area contributed by atoms with Crippen LogP contribution in [0.2, 0.25) is 0 Å². The van der Waals surface area contributed by atoms with Gasteiger partial charge in [-0.3, -0.25) is 4.90 Å². The molecule has 1 N–H and O–H groups in total. The Kier molecular flexibility index (Phi) is 4.63. The van der Waals surface area contributed by atoms with Crippen molar-refractivity contribution in [1.29, 1.82) is 0 Å². The van der Waals surface area contributed by atoms with E-state index in [0.717, 1.165) is 37.6 Å². The molecule has 1 aliphatic rings. The second-order valence-corrected chi connectivity index (χ2v) is 4.75. The molecule has 19 heavy (non-hydrogen) atoms. The molecule has 5 nitrogen and oxygen atoms in total. The SMILES string of the molecule is CC1CN(Cc2cc(-c3ccco3)on2)CCN1.Cl. The van der Waals surface area contributed by atoms with Crippen molar-refractivity contribution < 1.29 is 8.94 Å². The number of piperazine rings is 1. The monoisotopic (exact) mass is 283 g/mol. The number of halogens is 1. The highest BCUT2D eigenvalue weighted by molar-refractivity contribution is 5.85. The Balaban J connectivity index is 0.00000133. The topological polar surface area (TPSA) is 54.4 Å². The molecule has 3 rings (SSSR count). The van der Waals surface area contributed by atoms with Crippen LogP contribution in [-0.2, 0) is 6.54 Å². The van der Waals surface area contributed by atoms with Crippen LogP contribution in [0.25, 0.3) is 11.5 Å². The van der Waals surface area contributed by atoms with Gasteiger partial charge < -0.3 is 14.3 Å². The standard InChI is InChI=1S/C13H17N3O2.ClH/c1-10-8-16(5-4-14-10)9-11-7-13(18-15-11)12-3-2-6-17-12;/h2-3,6-7,10,14H,4-5,8-9H2,1H3;1H. The molecule has 0 amide bonds. The van der Waals surface area contributed by atoms with Crippen LogP contribution in [0, 0.1) is 0 Å². The molecule has 2 aromatic heterocycles. The summed E-state index contributed by atoms with van der Waals surface area (Å²) in [6.07, 6.45) is 1.63. The lowest BCUT2D eigenvalue weighted by Crippen LogP contribution is -2.48. The Hall–Kier alpha value is -1.30. The average Bonchev–Trinajstić information content (AvgIpc) is 2.98. The maximum Gasteiger partial charge on any atom is 0.202 e. The van der Waals surface area contributed by atoms with E-state index in [1.807, 2.05) is 18.2 Å². The van der Waals surface area contributed by atoms with Gasteiger partial charge in [-0.1, -0.05) is 5.16 Å². The van der Waals surface area contributed by atoms with Gasteiger partial charge in [-0.15, -0.1) is 12.4 Å². The van der Waals surface area contributed by atoms with E-state index in [-0.39, 0.29) is 12.4 Å². The number of aromatic nitrogens is 1. The number of hydrogen-bond acceptors (Lipinski definition) is 5. The number of rotatable bonds is 3. The Morgan fingerprint density at radius 2 is 2.37 bits per heavy atom. The van der Waals surface area contributed by atoms with E-state index >= 15 is 0 Å². The maximum atomic E-state index is 5.29. The molecule has 0 aliphatic carbocycles. The lowest BCUT2D eigenvalue weighted by molar-refractivity contribution is 0.195. The van der Waals surface area contributed by atoms with Crippen LogP contribution in [0.5, 0.6) is 0 Å². The molecule has 1 fully saturated rings. The summed E-state index contributed by atoms with van der Waals surface area (Å²) in [5.41, 5.74) is 0.954. The second-order valence-electron chi connectivity index (χ2n) is 4.75. The first-order valence-electron chi connectivity index (χ1n) is 6.26. The molecule has 0 spiro atoms. The fourth-order valence-corrected chi connectivity index (χ4v) is 2.31. The van der Waals surface area contributed by atoms with Crippen molar-refractivity contribution in [1.82, 2.24) is 15.4 Å². The van der Waals surface area contributed by atoms with Gasteiger partial charge in [0, 0.05) is 38.3 Å². The van der Waals surface area contributed by atoms with Crippen LogP contribution in [-0.4, -0.2) is 35.7 Å². The van der Waals surface area contributed by atoms with Gasteiger partial charge in [0.05, 0.1) is 12.0 Å². The van der Waals surface area contributed by atoms with Gasteiger partial charge in [0.2, 0.25) is 5.76 Å². The van der Waals surface area contributed by atoms with E-state index < -0.39 is 0 Å². The summed E-state index contributed by atoms with van der Waals surface area (Å²) in [6.45, 7) is 6.15. The predicted molar refractivity (Wildman–Crippen MR) is 74.2 cm³/mol. The Bertz CT molecular complexity index is 498. The number of hydrogen-bond donors (Lipinski definition) is 1. The summed E-state index contributed by atoms with van der Waals surface area (Å²) >= 11 is 0. The zero-order valence-corrected chi connectivity index (χ0v) is 11.7. The lowest BCUT2D eigenvalue weighted by Gasteiger charge is -2.30. The highest BCUT2D eigenvalue weighted by Gasteiger charge is 2.17. The third-order valence-electron chi connectivity index (χ3n) is 3.16. The quantitative estimate of drug-likeness (QED) is 0.935. The fraction of sp³-hybridized carbons (Fsp3) is 0.462. The minimum atomic E-state index is 0. The molecule has 0 bridgehead atoms. The number of nitrogens with one attached hydrogen (secondary N) is 1. The molecule has 2 aromatic rings. The van der Waals surface area contributed by atoms with E-state index in [9.17, 15) is 0 Å². The zero-order valence-electron chi connectivity index (χ0n) is 10.8. The number of furan rings is 1. The van der Waals surface area contributed by atoms with Gasteiger partial charge >= 0.3 is 0 Å². The van der Waals surface area contributed by atoms with Gasteiger partial charge in [-0.05, 0) is 19.1 Å². The minimum absolute atomic E-state index is 0. The first-order chi connectivity index (χ1) is 8.81. The third kappa shape index (κ3) is 3.37. The molecular weight excluding hydrogens is 266 g/mol. The molecule has 6 heteroatoms. The molecule has 0 radical (unpaired) electrons. The van der Waals surface area contributed by atoms with Crippen molar-refractivity contribution in [2.24, 2.45) is 0 Å². The molecule has 1 aliphatic heterocycles. The summed E-state index contributed by atoms with van der Waals surface area (Å²) < 4.78 is 10.6. The fourth-order valence-electron chi connectivity index (χ4n) is 2.31. The van der Waals surface area contributed by atoms with E-state index in [1.54, 1.807) is 6.26 Å². The van der Waals surface area contributed by atoms with Gasteiger partial charge in [0.1, 0.15) is 0 Å². The van der Waals surface area contributed by atoms with Crippen LogP contribution < -0.4 is 5.32 Å². The highest BCUT2D eigenvalue weighted by atomic mass is 35.5. The molecule has 3 heterocycles. The molecule has 1 unspecified atom stereocenters. The first-order valence-corrected chi connectivity index (χ1v) is 6.26.